The summed E-state index contributed by atoms with van der Waals surface area (Å²) in [5.41, 5.74) is 2.91. The molecule has 2 aromatic carbocycles. The minimum absolute atomic E-state index is 0.680. The van der Waals surface area contributed by atoms with Crippen LogP contribution in [0.1, 0.15) is 25.3 Å². The standard InChI is InChI=1S/C19H19NO/c1-2-3-4-5-14-21-19-12-10-18(11-13-19)17-8-6-16(15-20)7-9-17/h2-3,6-13H,4-5,14H2,1H3. The summed E-state index contributed by atoms with van der Waals surface area (Å²) in [7, 11) is 0. The second-order valence-electron chi connectivity index (χ2n) is 4.77. The first-order valence-electron chi connectivity index (χ1n) is 7.18. The molecule has 2 rings (SSSR count). The Hall–Kier alpha value is -2.53. The topological polar surface area (TPSA) is 33.0 Å². The van der Waals surface area contributed by atoms with E-state index in [9.17, 15) is 0 Å². The molecule has 0 atom stereocenters. The number of unbranched alkanes of at least 4 members (excludes halogenated alkanes) is 1. The third-order valence-corrected chi connectivity index (χ3v) is 3.22. The first-order chi connectivity index (χ1) is 10.3. The summed E-state index contributed by atoms with van der Waals surface area (Å²) in [5.74, 6) is 0.896. The van der Waals surface area contributed by atoms with Gasteiger partial charge in [0.25, 0.3) is 0 Å². The minimum Gasteiger partial charge on any atom is -0.494 e. The van der Waals surface area contributed by atoms with Crippen molar-refractivity contribution in [1.82, 2.24) is 0 Å². The number of nitriles is 1. The first kappa shape index (κ1) is 14.9. The number of benzene rings is 2. The minimum atomic E-state index is 0.680. The molecule has 0 aromatic heterocycles. The molecule has 0 saturated heterocycles. The lowest BCUT2D eigenvalue weighted by Crippen LogP contribution is -1.96. The molecule has 0 spiro atoms. The SMILES string of the molecule is CC=CCCCOc1ccc(-c2ccc(C#N)cc2)cc1. The van der Waals surface area contributed by atoms with Gasteiger partial charge in [0.15, 0.2) is 0 Å². The van der Waals surface area contributed by atoms with E-state index in [1.54, 1.807) is 0 Å². The van der Waals surface area contributed by atoms with E-state index in [1.165, 1.54) is 0 Å². The van der Waals surface area contributed by atoms with Gasteiger partial charge in [-0.3, -0.25) is 0 Å². The highest BCUT2D eigenvalue weighted by atomic mass is 16.5. The first-order valence-corrected chi connectivity index (χ1v) is 7.18. The van der Waals surface area contributed by atoms with Gasteiger partial charge in [-0.1, -0.05) is 36.4 Å². The van der Waals surface area contributed by atoms with Gasteiger partial charge in [-0.05, 0) is 55.2 Å². The molecule has 2 heteroatoms. The van der Waals surface area contributed by atoms with Crippen molar-refractivity contribution in [3.63, 3.8) is 0 Å². The Balaban J connectivity index is 1.93. The molecule has 0 bridgehead atoms. The van der Waals surface area contributed by atoms with Crippen LogP contribution in [0.4, 0.5) is 0 Å². The summed E-state index contributed by atoms with van der Waals surface area (Å²) >= 11 is 0. The molecule has 106 valence electrons. The van der Waals surface area contributed by atoms with Crippen molar-refractivity contribution in [2.75, 3.05) is 6.61 Å². The van der Waals surface area contributed by atoms with Gasteiger partial charge in [0, 0.05) is 0 Å². The number of ether oxygens (including phenoxy) is 1. The third-order valence-electron chi connectivity index (χ3n) is 3.22. The monoisotopic (exact) mass is 277 g/mol. The van der Waals surface area contributed by atoms with Crippen molar-refractivity contribution in [2.24, 2.45) is 0 Å². The predicted octanol–water partition coefficient (Wildman–Crippen LogP) is 4.96. The molecule has 0 saturated carbocycles. The Kier molecular flexibility index (Phi) is 5.60. The Morgan fingerprint density at radius 1 is 1.00 bits per heavy atom. The van der Waals surface area contributed by atoms with Gasteiger partial charge in [-0.25, -0.2) is 0 Å². The molecular formula is C19H19NO. The molecule has 0 aliphatic carbocycles. The Morgan fingerprint density at radius 2 is 1.62 bits per heavy atom. The van der Waals surface area contributed by atoms with Gasteiger partial charge in [-0.2, -0.15) is 5.26 Å². The van der Waals surface area contributed by atoms with Gasteiger partial charge in [0.1, 0.15) is 5.75 Å². The third kappa shape index (κ3) is 4.50. The molecular weight excluding hydrogens is 258 g/mol. The quantitative estimate of drug-likeness (QED) is 0.552. The highest BCUT2D eigenvalue weighted by Crippen LogP contribution is 2.22. The zero-order valence-corrected chi connectivity index (χ0v) is 12.3. The summed E-state index contributed by atoms with van der Waals surface area (Å²) in [6, 6.07) is 17.8. The van der Waals surface area contributed by atoms with Crippen LogP contribution in [0.15, 0.2) is 60.7 Å². The lowest BCUT2D eigenvalue weighted by atomic mass is 10.0. The molecule has 0 aliphatic heterocycles. The van der Waals surface area contributed by atoms with Gasteiger partial charge in [-0.15, -0.1) is 0 Å². The smallest absolute Gasteiger partial charge is 0.119 e. The van der Waals surface area contributed by atoms with Crippen LogP contribution in [0, 0.1) is 11.3 Å². The van der Waals surface area contributed by atoms with Crippen molar-refractivity contribution in [3.05, 3.63) is 66.2 Å². The second-order valence-corrected chi connectivity index (χ2v) is 4.77. The van der Waals surface area contributed by atoms with E-state index in [-0.39, 0.29) is 0 Å². The van der Waals surface area contributed by atoms with Crippen LogP contribution in [0.2, 0.25) is 0 Å². The maximum Gasteiger partial charge on any atom is 0.119 e. The molecule has 0 fully saturated rings. The number of allylic oxidation sites excluding steroid dienone is 2. The molecule has 0 radical (unpaired) electrons. The normalized spacial score (nSPS) is 10.5. The van der Waals surface area contributed by atoms with E-state index in [1.807, 2.05) is 55.5 Å². The summed E-state index contributed by atoms with van der Waals surface area (Å²) < 4.78 is 5.70. The maximum absolute atomic E-state index is 8.80. The molecule has 0 N–H and O–H groups in total. The molecule has 0 heterocycles. The van der Waals surface area contributed by atoms with E-state index in [0.717, 1.165) is 36.3 Å². The molecule has 2 aromatic rings. The van der Waals surface area contributed by atoms with Gasteiger partial charge < -0.3 is 4.74 Å². The van der Waals surface area contributed by atoms with E-state index in [2.05, 4.69) is 18.2 Å². The number of hydrogen-bond acceptors (Lipinski definition) is 2. The average molecular weight is 277 g/mol. The molecule has 0 amide bonds. The summed E-state index contributed by atoms with van der Waals surface area (Å²) in [5, 5.41) is 8.80. The van der Waals surface area contributed by atoms with Crippen molar-refractivity contribution >= 4 is 0 Å². The summed E-state index contributed by atoms with van der Waals surface area (Å²) in [4.78, 5) is 0. The molecule has 2 nitrogen and oxygen atoms in total. The predicted molar refractivity (Wildman–Crippen MR) is 86.1 cm³/mol. The average Bonchev–Trinajstić information content (AvgIpc) is 2.55. The van der Waals surface area contributed by atoms with Crippen LogP contribution < -0.4 is 4.74 Å². The van der Waals surface area contributed by atoms with Crippen molar-refractivity contribution in [2.45, 2.75) is 19.8 Å². The summed E-state index contributed by atoms with van der Waals surface area (Å²) in [6.45, 7) is 2.77. The van der Waals surface area contributed by atoms with Gasteiger partial charge in [0.2, 0.25) is 0 Å². The fraction of sp³-hybridized carbons (Fsp3) is 0.211. The van der Waals surface area contributed by atoms with Crippen molar-refractivity contribution in [1.29, 1.82) is 5.26 Å². The Morgan fingerprint density at radius 3 is 2.19 bits per heavy atom. The van der Waals surface area contributed by atoms with E-state index < -0.39 is 0 Å². The van der Waals surface area contributed by atoms with Crippen LogP contribution >= 0.6 is 0 Å². The van der Waals surface area contributed by atoms with Gasteiger partial charge in [0.05, 0.1) is 18.2 Å². The van der Waals surface area contributed by atoms with Crippen molar-refractivity contribution < 1.29 is 4.74 Å². The highest BCUT2D eigenvalue weighted by molar-refractivity contribution is 5.64. The fourth-order valence-electron chi connectivity index (χ4n) is 2.04. The number of rotatable bonds is 6. The lowest BCUT2D eigenvalue weighted by Gasteiger charge is -2.07. The molecule has 0 aliphatic rings. The lowest BCUT2D eigenvalue weighted by molar-refractivity contribution is 0.312. The van der Waals surface area contributed by atoms with E-state index in [0.29, 0.717) is 5.56 Å². The van der Waals surface area contributed by atoms with Crippen LogP contribution in [0.5, 0.6) is 5.75 Å². The van der Waals surface area contributed by atoms with Crippen molar-refractivity contribution in [3.8, 4) is 22.9 Å². The summed E-state index contributed by atoms with van der Waals surface area (Å²) in [6.07, 6.45) is 6.30. The van der Waals surface area contributed by atoms with Crippen LogP contribution in [0.3, 0.4) is 0 Å². The highest BCUT2D eigenvalue weighted by Gasteiger charge is 1.99. The van der Waals surface area contributed by atoms with Gasteiger partial charge >= 0.3 is 0 Å². The van der Waals surface area contributed by atoms with Crippen LogP contribution in [-0.2, 0) is 0 Å². The number of hydrogen-bond donors (Lipinski definition) is 0. The second kappa shape index (κ2) is 7.91. The molecule has 21 heavy (non-hydrogen) atoms. The van der Waals surface area contributed by atoms with Crippen LogP contribution in [0.25, 0.3) is 11.1 Å². The molecule has 0 unspecified atom stereocenters. The maximum atomic E-state index is 8.80. The Labute approximate surface area is 126 Å². The zero-order chi connectivity index (χ0) is 14.9. The Bertz CT molecular complexity index is 618. The largest absolute Gasteiger partial charge is 0.494 e. The fourth-order valence-corrected chi connectivity index (χ4v) is 2.04. The number of nitrogens with zero attached hydrogens (tertiary/aromatic N) is 1. The zero-order valence-electron chi connectivity index (χ0n) is 12.3. The van der Waals surface area contributed by atoms with E-state index >= 15 is 0 Å². The van der Waals surface area contributed by atoms with Crippen LogP contribution in [-0.4, -0.2) is 6.61 Å². The van der Waals surface area contributed by atoms with E-state index in [4.69, 9.17) is 10.00 Å².